The van der Waals surface area contributed by atoms with Crippen molar-refractivity contribution in [2.24, 2.45) is 5.92 Å². The van der Waals surface area contributed by atoms with Crippen LogP contribution in [-0.2, 0) is 37.8 Å². The van der Waals surface area contributed by atoms with Gasteiger partial charge in [-0.2, -0.15) is 0 Å². The van der Waals surface area contributed by atoms with Gasteiger partial charge >= 0.3 is 0 Å². The van der Waals surface area contributed by atoms with Crippen LogP contribution in [0.4, 0.5) is 11.4 Å². The molecular weight excluding hydrogens is 755 g/mol. The molecule has 2 fully saturated rings. The number of fused-ring (bicyclic) bond motifs is 2. The van der Waals surface area contributed by atoms with Gasteiger partial charge in [0.25, 0.3) is 11.8 Å². The van der Waals surface area contributed by atoms with Crippen molar-refractivity contribution < 1.29 is 54.1 Å². The maximum Gasteiger partial charge on any atom is 0.264 e. The lowest BCUT2D eigenvalue weighted by Gasteiger charge is -2.37. The Morgan fingerprint density at radius 2 is 1.77 bits per heavy atom. The fraction of sp³-hybridized carbons (Fsp3) is 0.450. The maximum absolute atomic E-state index is 15.0. The summed E-state index contributed by atoms with van der Waals surface area (Å²) in [5.41, 5.74) is 1.89. The number of amides is 2. The van der Waals surface area contributed by atoms with E-state index in [0.29, 0.717) is 46.9 Å². The number of hydrogen-bond acceptors (Lipinski definition) is 13. The Hall–Kier alpha value is -4.56. The summed E-state index contributed by atoms with van der Waals surface area (Å²) in [5.74, 6) is -1.42. The van der Waals surface area contributed by atoms with Crippen LogP contribution in [0.25, 0.3) is 0 Å². The van der Waals surface area contributed by atoms with Gasteiger partial charge < -0.3 is 54.8 Å². The van der Waals surface area contributed by atoms with Gasteiger partial charge in [-0.25, -0.2) is 0 Å². The molecule has 7 N–H and O–H groups in total. The van der Waals surface area contributed by atoms with E-state index in [-0.39, 0.29) is 30.5 Å². The van der Waals surface area contributed by atoms with Crippen molar-refractivity contribution in [3.8, 4) is 5.75 Å². The second-order valence-electron chi connectivity index (χ2n) is 15.6. The zero-order valence-electron chi connectivity index (χ0n) is 32.0. The number of hydrogen-bond donors (Lipinski definition) is 7. The van der Waals surface area contributed by atoms with Crippen molar-refractivity contribution in [3.05, 3.63) is 101 Å². The third-order valence-corrected chi connectivity index (χ3v) is 14.0. The number of aliphatic hydroxyl groups excluding tert-OH is 5. The van der Waals surface area contributed by atoms with Gasteiger partial charge in [0, 0.05) is 35.5 Å². The van der Waals surface area contributed by atoms with Crippen molar-refractivity contribution in [2.45, 2.75) is 93.4 Å². The number of aryl methyl sites for hydroxylation is 1. The Bertz CT molecular complexity index is 2080. The molecule has 17 heteroatoms. The van der Waals surface area contributed by atoms with Gasteiger partial charge in [0.2, 0.25) is 0 Å². The lowest BCUT2D eigenvalue weighted by atomic mass is 9.82. The van der Waals surface area contributed by atoms with Crippen molar-refractivity contribution in [2.75, 3.05) is 23.9 Å². The predicted octanol–water partition coefficient (Wildman–Crippen LogP) is 1.58. The normalized spacial score (nSPS) is 29.1. The molecular formula is C40H49N5O11Si. The summed E-state index contributed by atoms with van der Waals surface area (Å²) >= 11 is 0. The van der Waals surface area contributed by atoms with Crippen molar-refractivity contribution in [1.82, 2.24) is 15.0 Å². The SMILES string of the molecule is COc1ccc2c(c1)[C@]1(O[C@@H](CCn3cc(C(CO)c4ccccc4)nn3)[C@H]([Si](C)(C)O)[C@H]1C)C(=O)N2Cc1cccc(NC(=O)[C@H]2O[C@@H](O)[C@H](O)[C@@H](O)[C@@H]2O)c1. The summed E-state index contributed by atoms with van der Waals surface area (Å²) in [6.07, 6.45) is -7.23. The number of methoxy groups -OCH3 is 1. The van der Waals surface area contributed by atoms with Crippen molar-refractivity contribution >= 4 is 31.5 Å². The van der Waals surface area contributed by atoms with Crippen LogP contribution in [0.1, 0.15) is 41.6 Å². The van der Waals surface area contributed by atoms with Crippen LogP contribution in [0.15, 0.2) is 79.0 Å². The first-order valence-electron chi connectivity index (χ1n) is 18.9. The van der Waals surface area contributed by atoms with Crippen LogP contribution >= 0.6 is 0 Å². The van der Waals surface area contributed by atoms with Crippen LogP contribution in [0.2, 0.25) is 18.6 Å². The number of aromatic nitrogens is 3. The molecule has 4 aromatic rings. The van der Waals surface area contributed by atoms with E-state index >= 15 is 0 Å². The standard InChI is InChI=1S/C40H49N5O11Si/c1-22-36(57(3,4)53)31(15-16-44-20-29(42-43-44)27(21-46)24-10-6-5-7-11-24)56-40(22)28-18-26(54-2)13-14-30(28)45(39(40)52)19-23-9-8-12-25(17-23)41-37(50)35-33(48)32(47)34(49)38(51)55-35/h5-14,17-18,20,22,27,31-36,38,46-49,51,53H,15-16,19,21H2,1-4H3,(H,41,50)/t22-,27?,31+,32+,33+,34-,35+,36-,38-,40+/m1/s1. The second-order valence-corrected chi connectivity index (χ2v) is 19.6. The van der Waals surface area contributed by atoms with Gasteiger partial charge in [-0.05, 0) is 61.0 Å². The quantitative estimate of drug-likeness (QED) is 0.101. The molecule has 2 amide bonds. The van der Waals surface area contributed by atoms with E-state index in [1.165, 1.54) is 0 Å². The third-order valence-electron chi connectivity index (χ3n) is 11.5. The van der Waals surface area contributed by atoms with E-state index in [4.69, 9.17) is 14.2 Å². The molecule has 1 aromatic heterocycles. The van der Waals surface area contributed by atoms with E-state index < -0.39 is 62.6 Å². The average molecular weight is 804 g/mol. The zero-order chi connectivity index (χ0) is 40.8. The summed E-state index contributed by atoms with van der Waals surface area (Å²) in [6, 6.07) is 21.7. The molecule has 3 aliphatic rings. The number of ether oxygens (including phenoxy) is 3. The largest absolute Gasteiger partial charge is 0.497 e. The average Bonchev–Trinajstić information content (AvgIpc) is 3.85. The van der Waals surface area contributed by atoms with E-state index in [1.807, 2.05) is 56.4 Å². The lowest BCUT2D eigenvalue weighted by molar-refractivity contribution is -0.274. The van der Waals surface area contributed by atoms with Gasteiger partial charge in [-0.1, -0.05) is 54.6 Å². The first kappa shape index (κ1) is 40.6. The number of carbonyl (C=O) groups is 2. The van der Waals surface area contributed by atoms with Crippen molar-refractivity contribution in [1.29, 1.82) is 0 Å². The molecule has 1 unspecified atom stereocenters. The van der Waals surface area contributed by atoms with Crippen LogP contribution in [0.3, 0.4) is 0 Å². The Morgan fingerprint density at radius 1 is 1.02 bits per heavy atom. The molecule has 0 radical (unpaired) electrons. The first-order chi connectivity index (χ1) is 27.2. The maximum atomic E-state index is 15.0. The first-order valence-corrected chi connectivity index (χ1v) is 21.9. The van der Waals surface area contributed by atoms with Crippen molar-refractivity contribution in [3.63, 3.8) is 0 Å². The van der Waals surface area contributed by atoms with Crippen LogP contribution in [-0.4, -0.2) is 116 Å². The van der Waals surface area contributed by atoms with Gasteiger partial charge in [0.05, 0.1) is 43.7 Å². The molecule has 0 saturated carbocycles. The molecule has 4 heterocycles. The number of benzene rings is 3. The predicted molar refractivity (Wildman–Crippen MR) is 207 cm³/mol. The fourth-order valence-corrected chi connectivity index (χ4v) is 11.3. The highest BCUT2D eigenvalue weighted by Gasteiger charge is 2.66. The van der Waals surface area contributed by atoms with E-state index in [9.17, 15) is 39.9 Å². The summed E-state index contributed by atoms with van der Waals surface area (Å²) < 4.78 is 19.4. The Kier molecular flexibility index (Phi) is 11.4. The molecule has 16 nitrogen and oxygen atoms in total. The number of nitrogens with one attached hydrogen (secondary N) is 1. The number of anilines is 2. The fourth-order valence-electron chi connectivity index (χ4n) is 8.73. The number of carbonyl (C=O) groups excluding carboxylic acids is 2. The third kappa shape index (κ3) is 7.50. The Labute approximate surface area is 330 Å². The molecule has 10 atom stereocenters. The van der Waals surface area contributed by atoms with Crippen LogP contribution < -0.4 is 15.0 Å². The molecule has 7 rings (SSSR count). The summed E-state index contributed by atoms with van der Waals surface area (Å²) in [7, 11) is -1.44. The van der Waals surface area contributed by atoms with Crippen LogP contribution in [0.5, 0.6) is 5.75 Å². The molecule has 57 heavy (non-hydrogen) atoms. The minimum absolute atomic E-state index is 0.0797. The number of rotatable bonds is 12. The second kappa shape index (κ2) is 16.0. The molecule has 3 aliphatic heterocycles. The van der Waals surface area contributed by atoms with Gasteiger partial charge in [-0.15, -0.1) is 5.10 Å². The summed E-state index contributed by atoms with van der Waals surface area (Å²) in [6.45, 7) is 5.99. The molecule has 304 valence electrons. The molecule has 1 spiro atoms. The lowest BCUT2D eigenvalue weighted by Crippen LogP contribution is -2.60. The highest BCUT2D eigenvalue weighted by Crippen LogP contribution is 2.60. The van der Waals surface area contributed by atoms with Gasteiger partial charge in [0.15, 0.2) is 26.3 Å². The van der Waals surface area contributed by atoms with Crippen LogP contribution in [0, 0.1) is 5.92 Å². The Morgan fingerprint density at radius 3 is 2.47 bits per heavy atom. The zero-order valence-corrected chi connectivity index (χ0v) is 33.0. The topological polar surface area (TPSA) is 229 Å². The molecule has 2 saturated heterocycles. The minimum atomic E-state index is -2.99. The molecule has 0 aliphatic carbocycles. The monoisotopic (exact) mass is 803 g/mol. The summed E-state index contributed by atoms with van der Waals surface area (Å²) in [5, 5.41) is 61.6. The van der Waals surface area contributed by atoms with Gasteiger partial charge in [-0.3, -0.25) is 14.3 Å². The van der Waals surface area contributed by atoms with E-state index in [2.05, 4.69) is 15.6 Å². The van der Waals surface area contributed by atoms with E-state index in [0.717, 1.165) is 5.56 Å². The molecule has 0 bridgehead atoms. The summed E-state index contributed by atoms with van der Waals surface area (Å²) in [4.78, 5) is 41.5. The Balaban J connectivity index is 1.14. The highest BCUT2D eigenvalue weighted by atomic mass is 28.4. The highest BCUT2D eigenvalue weighted by molar-refractivity contribution is 6.71. The van der Waals surface area contributed by atoms with Gasteiger partial charge in [0.1, 0.15) is 24.1 Å². The molecule has 3 aromatic carbocycles. The number of aliphatic hydroxyl groups is 5. The van der Waals surface area contributed by atoms with E-state index in [1.54, 1.807) is 59.3 Å². The minimum Gasteiger partial charge on any atom is -0.497 e. The smallest absolute Gasteiger partial charge is 0.264 e. The number of nitrogens with zero attached hydrogens (tertiary/aromatic N) is 4.